The van der Waals surface area contributed by atoms with Gasteiger partial charge in [-0.2, -0.15) is 0 Å². The van der Waals surface area contributed by atoms with Gasteiger partial charge in [0.2, 0.25) is 17.7 Å². The summed E-state index contributed by atoms with van der Waals surface area (Å²) in [7, 11) is 1.42. The van der Waals surface area contributed by atoms with Gasteiger partial charge in [-0.15, -0.1) is 0 Å². The van der Waals surface area contributed by atoms with Gasteiger partial charge < -0.3 is 29.9 Å². The summed E-state index contributed by atoms with van der Waals surface area (Å²) in [6.07, 6.45) is 0.765. The van der Waals surface area contributed by atoms with Gasteiger partial charge in [-0.05, 0) is 43.2 Å². The van der Waals surface area contributed by atoms with E-state index < -0.39 is 23.7 Å². The molecule has 1 saturated heterocycles. The Balaban J connectivity index is 1.53. The van der Waals surface area contributed by atoms with E-state index in [1.54, 1.807) is 12.1 Å². The highest BCUT2D eigenvalue weighted by molar-refractivity contribution is 6.03. The first-order chi connectivity index (χ1) is 19.2. The zero-order chi connectivity index (χ0) is 28.6. The number of methoxy groups -OCH3 is 1. The molecule has 0 radical (unpaired) electrons. The molecule has 2 aromatic carbocycles. The van der Waals surface area contributed by atoms with Crippen LogP contribution < -0.4 is 25.4 Å². The first-order valence-corrected chi connectivity index (χ1v) is 12.8. The molecule has 12 nitrogen and oxygen atoms in total. The third kappa shape index (κ3) is 7.04. The lowest BCUT2D eigenvalue weighted by molar-refractivity contribution is -0.132. The molecule has 40 heavy (non-hydrogen) atoms. The number of ether oxygens (including phenoxy) is 2. The van der Waals surface area contributed by atoms with Crippen LogP contribution in [0, 0.1) is 5.82 Å². The van der Waals surface area contributed by atoms with Gasteiger partial charge in [0.15, 0.2) is 11.5 Å². The number of carbonyl (C=O) groups is 5. The lowest BCUT2D eigenvalue weighted by atomic mass is 10.1. The third-order valence-corrected chi connectivity index (χ3v) is 6.45. The van der Waals surface area contributed by atoms with Gasteiger partial charge in [0, 0.05) is 43.7 Å². The number of rotatable bonds is 3. The molecule has 3 aliphatic rings. The zero-order valence-electron chi connectivity index (χ0n) is 22.0. The molecule has 6 amide bonds. The number of nitrogens with one attached hydrogen (secondary N) is 3. The Labute approximate surface area is 229 Å². The second-order valence-corrected chi connectivity index (χ2v) is 9.26. The van der Waals surface area contributed by atoms with E-state index in [4.69, 9.17) is 9.47 Å². The molecule has 0 aromatic heterocycles. The maximum Gasteiger partial charge on any atom is 0.325 e. The average Bonchev–Trinajstić information content (AvgIpc) is 3.24. The summed E-state index contributed by atoms with van der Waals surface area (Å²) in [5.41, 5.74) is 0.444. The smallest absolute Gasteiger partial charge is 0.325 e. The molecule has 2 aromatic rings. The minimum atomic E-state index is -0.639. The standard InChI is InChI=1S/C27H30FN5O7/c1-39-22-13-17-8-9-21(22)40-20-6-2-5-19(28)18(20)14-30-23(34)7-3-11-32(12-4-10-29-26(17)37)25(36)16-33-15-24(35)31-27(33)38/h2,5-6,8-9,13H,3-4,7,10-12,14-16H2,1H3,(H,29,37)(H,30,34)(H,31,35,38). The van der Waals surface area contributed by atoms with Crippen molar-refractivity contribution < 1.29 is 37.8 Å². The Hall–Kier alpha value is -4.68. The summed E-state index contributed by atoms with van der Waals surface area (Å²) >= 11 is 0. The molecule has 3 aliphatic heterocycles. The van der Waals surface area contributed by atoms with Gasteiger partial charge in [-0.3, -0.25) is 24.5 Å². The maximum absolute atomic E-state index is 14.7. The van der Waals surface area contributed by atoms with Gasteiger partial charge in [0.05, 0.1) is 7.11 Å². The van der Waals surface area contributed by atoms with Crippen LogP contribution in [0.3, 0.4) is 0 Å². The van der Waals surface area contributed by atoms with E-state index in [-0.39, 0.29) is 80.3 Å². The molecule has 1 fully saturated rings. The molecular formula is C27H30FN5O7. The summed E-state index contributed by atoms with van der Waals surface area (Å²) in [5.74, 6) is -1.47. The molecule has 0 aliphatic carbocycles. The number of nitrogens with zero attached hydrogens (tertiary/aromatic N) is 2. The minimum absolute atomic E-state index is 0.0584. The molecule has 5 rings (SSSR count). The van der Waals surface area contributed by atoms with Crippen LogP contribution in [0.4, 0.5) is 9.18 Å². The van der Waals surface area contributed by atoms with Crippen LogP contribution in [0.2, 0.25) is 0 Å². The first kappa shape index (κ1) is 28.3. The second kappa shape index (κ2) is 12.9. The molecule has 0 saturated carbocycles. The predicted octanol–water partition coefficient (Wildman–Crippen LogP) is 1.54. The van der Waals surface area contributed by atoms with Crippen LogP contribution in [-0.2, 0) is 20.9 Å². The number of benzene rings is 2. The molecule has 13 heteroatoms. The quantitative estimate of drug-likeness (QED) is 0.487. The van der Waals surface area contributed by atoms with Crippen molar-refractivity contribution in [3.63, 3.8) is 0 Å². The Kier molecular flexibility index (Phi) is 9.15. The number of hydrogen-bond acceptors (Lipinski definition) is 7. The highest BCUT2D eigenvalue weighted by Crippen LogP contribution is 2.34. The van der Waals surface area contributed by atoms with E-state index in [1.165, 1.54) is 36.3 Å². The van der Waals surface area contributed by atoms with Crippen LogP contribution in [0.5, 0.6) is 17.2 Å². The number of imide groups is 1. The van der Waals surface area contributed by atoms with Gasteiger partial charge in [0.1, 0.15) is 24.7 Å². The Morgan fingerprint density at radius 1 is 1.02 bits per heavy atom. The number of halogens is 1. The van der Waals surface area contributed by atoms with E-state index >= 15 is 0 Å². The summed E-state index contributed by atoms with van der Waals surface area (Å²) in [6.45, 7) is 0.0669. The van der Waals surface area contributed by atoms with Crippen LogP contribution in [-0.4, -0.2) is 79.3 Å². The van der Waals surface area contributed by atoms with Crippen LogP contribution in [0.1, 0.15) is 35.2 Å². The number of carbonyl (C=O) groups excluding carboxylic acids is 5. The van der Waals surface area contributed by atoms with E-state index in [0.29, 0.717) is 18.4 Å². The van der Waals surface area contributed by atoms with Crippen LogP contribution >= 0.6 is 0 Å². The Morgan fingerprint density at radius 2 is 1.82 bits per heavy atom. The minimum Gasteiger partial charge on any atom is -0.493 e. The molecule has 212 valence electrons. The molecule has 0 atom stereocenters. The SMILES string of the molecule is COc1cc2ccc1Oc1cccc(F)c1CNC(=O)CCCN(C(=O)CN1CC(=O)NC1=O)CCCNC2=O. The molecular weight excluding hydrogens is 525 g/mol. The molecule has 3 heterocycles. The van der Waals surface area contributed by atoms with Crippen molar-refractivity contribution in [1.82, 2.24) is 25.8 Å². The molecule has 0 spiro atoms. The largest absolute Gasteiger partial charge is 0.493 e. The van der Waals surface area contributed by atoms with E-state index in [9.17, 15) is 28.4 Å². The van der Waals surface area contributed by atoms with E-state index in [1.807, 2.05) is 0 Å². The highest BCUT2D eigenvalue weighted by Gasteiger charge is 2.29. The highest BCUT2D eigenvalue weighted by atomic mass is 19.1. The average molecular weight is 556 g/mol. The third-order valence-electron chi connectivity index (χ3n) is 6.45. The van der Waals surface area contributed by atoms with Crippen LogP contribution in [0.25, 0.3) is 0 Å². The molecule has 2 bridgehead atoms. The summed E-state index contributed by atoms with van der Waals surface area (Å²) in [5, 5.41) is 7.61. The van der Waals surface area contributed by atoms with Crippen molar-refractivity contribution in [2.24, 2.45) is 0 Å². The summed E-state index contributed by atoms with van der Waals surface area (Å²) < 4.78 is 26.0. The normalized spacial score (nSPS) is 17.1. The van der Waals surface area contributed by atoms with Gasteiger partial charge >= 0.3 is 6.03 Å². The number of urea groups is 1. The van der Waals surface area contributed by atoms with Crippen molar-refractivity contribution in [3.05, 3.63) is 53.3 Å². The molecule has 3 N–H and O–H groups in total. The lowest BCUT2D eigenvalue weighted by Gasteiger charge is -2.25. The van der Waals surface area contributed by atoms with Crippen molar-refractivity contribution >= 4 is 29.7 Å². The topological polar surface area (TPSA) is 146 Å². The second-order valence-electron chi connectivity index (χ2n) is 9.26. The van der Waals surface area contributed by atoms with Crippen molar-refractivity contribution in [2.45, 2.75) is 25.8 Å². The van der Waals surface area contributed by atoms with Gasteiger partial charge in [-0.1, -0.05) is 6.07 Å². The molecule has 0 unspecified atom stereocenters. The van der Waals surface area contributed by atoms with Crippen LogP contribution in [0.15, 0.2) is 36.4 Å². The summed E-state index contributed by atoms with van der Waals surface area (Å²) in [6, 6.07) is 8.23. The van der Waals surface area contributed by atoms with Crippen molar-refractivity contribution in [2.75, 3.05) is 39.8 Å². The number of amides is 6. The fourth-order valence-electron chi connectivity index (χ4n) is 4.33. The predicted molar refractivity (Wildman–Crippen MR) is 139 cm³/mol. The van der Waals surface area contributed by atoms with Crippen molar-refractivity contribution in [1.29, 1.82) is 0 Å². The Morgan fingerprint density at radius 3 is 2.58 bits per heavy atom. The Bertz CT molecular complexity index is 1320. The number of fused-ring (bicyclic) bond motifs is 13. The van der Waals surface area contributed by atoms with Gasteiger partial charge in [-0.25, -0.2) is 9.18 Å². The zero-order valence-corrected chi connectivity index (χ0v) is 22.0. The first-order valence-electron chi connectivity index (χ1n) is 12.8. The lowest BCUT2D eigenvalue weighted by Crippen LogP contribution is -2.43. The fraction of sp³-hybridized carbons (Fsp3) is 0.370. The fourth-order valence-corrected chi connectivity index (χ4v) is 4.33. The maximum atomic E-state index is 14.7. The summed E-state index contributed by atoms with van der Waals surface area (Å²) in [4.78, 5) is 64.3. The van der Waals surface area contributed by atoms with E-state index in [2.05, 4.69) is 16.0 Å². The monoisotopic (exact) mass is 555 g/mol. The van der Waals surface area contributed by atoms with E-state index in [0.717, 1.165) is 4.90 Å². The van der Waals surface area contributed by atoms with Crippen molar-refractivity contribution in [3.8, 4) is 17.2 Å². The van der Waals surface area contributed by atoms with Gasteiger partial charge in [0.25, 0.3) is 5.91 Å². The number of hydrogen-bond donors (Lipinski definition) is 3.